The van der Waals surface area contributed by atoms with Crippen LogP contribution in [0.5, 0.6) is 0 Å². The zero-order valence-electron chi connectivity index (χ0n) is 61.8. The van der Waals surface area contributed by atoms with Gasteiger partial charge in [-0.05, 0) is 186 Å². The number of hydrogen-bond acceptors (Lipinski definition) is 2. The fourth-order valence-electron chi connectivity index (χ4n) is 15.2. The van der Waals surface area contributed by atoms with E-state index in [1.807, 2.05) is 0 Å². The van der Waals surface area contributed by atoms with E-state index in [0.717, 1.165) is 34.1 Å². The van der Waals surface area contributed by atoms with E-state index in [4.69, 9.17) is 0 Å². The standard InChI is InChI=1S/C96H97BN2/c1-91(2,3)71-43-31-41-66(51-71)68-45-49-82-84(53-68)98(89-77(62-33-23-19-24-34-62)57-74(94(10,11)12)58-78(89)63-35-25-20-26-36-63)86-55-70(76-48-47-73(93(7,8)9)61-81(76)96(16,17)18)56-87-88(86)97(82)83-50-46-69(67-42-32-44-72(52-67)92(4,5)6)54-85(83)99(87)90-79(64-37-27-21-28-38-64)59-75(95(13,14)15)60-80(90)65-39-29-22-30-40-65/h19-61H,1-18H3. The highest BCUT2D eigenvalue weighted by molar-refractivity contribution is 7.00. The molecule has 12 aromatic rings. The van der Waals surface area contributed by atoms with Crippen molar-refractivity contribution in [3.63, 3.8) is 0 Å². The smallest absolute Gasteiger partial charge is 0.252 e. The summed E-state index contributed by atoms with van der Waals surface area (Å²) in [7, 11) is 0. The van der Waals surface area contributed by atoms with Crippen molar-refractivity contribution in [1.29, 1.82) is 0 Å². The van der Waals surface area contributed by atoms with E-state index in [0.29, 0.717) is 0 Å². The molecule has 0 aliphatic carbocycles. The first kappa shape index (κ1) is 66.5. The molecule has 0 bridgehead atoms. The summed E-state index contributed by atoms with van der Waals surface area (Å²) < 4.78 is 0. The Morgan fingerprint density at radius 3 is 0.838 bits per heavy atom. The molecule has 0 N–H and O–H groups in total. The minimum absolute atomic E-state index is 0.0542. The monoisotopic (exact) mass is 1290 g/mol. The minimum atomic E-state index is -0.231. The van der Waals surface area contributed by atoms with Gasteiger partial charge in [-0.1, -0.05) is 337 Å². The summed E-state index contributed by atoms with van der Waals surface area (Å²) in [6.07, 6.45) is 0. The largest absolute Gasteiger partial charge is 0.310 e. The maximum absolute atomic E-state index is 2.75. The van der Waals surface area contributed by atoms with Crippen molar-refractivity contribution in [2.75, 3.05) is 9.80 Å². The SMILES string of the molecule is CC(C)(C)c1cccc(-c2ccc3c(c2)N(c2c(-c4ccccc4)cc(C(C)(C)C)cc2-c2ccccc2)c2cc(-c4ccc(C(C)(C)C)cc4C(C)(C)C)cc4c2B3c2ccc(-c3cccc(C(C)(C)C)c3)cc2N4c2c(-c3ccccc3)cc(C(C)(C)C)cc2-c2ccccc2)c1. The molecule has 0 amide bonds. The Morgan fingerprint density at radius 1 is 0.212 bits per heavy atom. The maximum atomic E-state index is 2.75. The van der Waals surface area contributed by atoms with Crippen LogP contribution in [-0.2, 0) is 32.5 Å². The lowest BCUT2D eigenvalue weighted by molar-refractivity contribution is 0.570. The minimum Gasteiger partial charge on any atom is -0.310 e. The summed E-state index contributed by atoms with van der Waals surface area (Å²) in [5.74, 6) is 0. The van der Waals surface area contributed by atoms with E-state index >= 15 is 0 Å². The third kappa shape index (κ3) is 12.5. The second kappa shape index (κ2) is 24.6. The average Bonchev–Trinajstić information content (AvgIpc) is 0.686. The van der Waals surface area contributed by atoms with Gasteiger partial charge >= 0.3 is 0 Å². The maximum Gasteiger partial charge on any atom is 0.252 e. The second-order valence-corrected chi connectivity index (χ2v) is 34.3. The average molecular weight is 1290 g/mol. The lowest BCUT2D eigenvalue weighted by Crippen LogP contribution is -2.61. The van der Waals surface area contributed by atoms with Gasteiger partial charge < -0.3 is 9.80 Å². The van der Waals surface area contributed by atoms with E-state index in [1.54, 1.807) is 0 Å². The molecule has 2 heterocycles. The molecule has 494 valence electrons. The summed E-state index contributed by atoms with van der Waals surface area (Å²) in [4.78, 5) is 5.49. The number of hydrogen-bond donors (Lipinski definition) is 0. The molecule has 0 aromatic heterocycles. The Bertz CT molecular complexity index is 4650. The highest BCUT2D eigenvalue weighted by Gasteiger charge is 2.46. The van der Waals surface area contributed by atoms with Crippen molar-refractivity contribution in [1.82, 2.24) is 0 Å². The van der Waals surface area contributed by atoms with E-state index < -0.39 is 0 Å². The molecule has 2 aliphatic heterocycles. The highest BCUT2D eigenvalue weighted by Crippen LogP contribution is 2.56. The number of rotatable bonds is 9. The van der Waals surface area contributed by atoms with Gasteiger partial charge in [0.2, 0.25) is 0 Å². The predicted molar refractivity (Wildman–Crippen MR) is 431 cm³/mol. The first-order chi connectivity index (χ1) is 46.9. The number of nitrogens with zero attached hydrogens (tertiary/aromatic N) is 2. The summed E-state index contributed by atoms with van der Waals surface area (Å²) >= 11 is 0. The van der Waals surface area contributed by atoms with E-state index in [2.05, 4.69) is 395 Å². The van der Waals surface area contributed by atoms with Crippen LogP contribution in [0.2, 0.25) is 0 Å². The summed E-state index contributed by atoms with van der Waals surface area (Å²) in [5, 5.41) is 0. The summed E-state index contributed by atoms with van der Waals surface area (Å²) in [6.45, 7) is 42.2. The Balaban J connectivity index is 1.23. The molecular weight excluding hydrogens is 1190 g/mol. The molecule has 0 unspecified atom stereocenters. The first-order valence-electron chi connectivity index (χ1n) is 35.9. The van der Waals surface area contributed by atoms with Crippen LogP contribution in [-0.4, -0.2) is 6.71 Å². The summed E-state index contributed by atoms with van der Waals surface area (Å²) in [6, 6.07) is 101. The predicted octanol–water partition coefficient (Wildman–Crippen LogP) is 25.2. The van der Waals surface area contributed by atoms with Crippen LogP contribution in [0.25, 0.3) is 77.9 Å². The third-order valence-electron chi connectivity index (χ3n) is 20.9. The number of fused-ring (bicyclic) bond motifs is 4. The van der Waals surface area contributed by atoms with Gasteiger partial charge in [-0.2, -0.15) is 0 Å². The normalized spacial score (nSPS) is 13.3. The van der Waals surface area contributed by atoms with Crippen molar-refractivity contribution in [3.05, 3.63) is 294 Å². The van der Waals surface area contributed by atoms with Gasteiger partial charge in [0.25, 0.3) is 6.71 Å². The van der Waals surface area contributed by atoms with Crippen LogP contribution in [0, 0.1) is 0 Å². The van der Waals surface area contributed by atoms with Gasteiger partial charge in [-0.3, -0.25) is 0 Å². The van der Waals surface area contributed by atoms with E-state index in [-0.39, 0.29) is 39.2 Å². The Hall–Kier alpha value is -9.70. The van der Waals surface area contributed by atoms with Crippen LogP contribution in [0.15, 0.2) is 261 Å². The molecule has 12 aromatic carbocycles. The lowest BCUT2D eigenvalue weighted by atomic mass is 9.33. The summed E-state index contributed by atoms with van der Waals surface area (Å²) in [5.41, 5.74) is 34.3. The Labute approximate surface area is 592 Å². The number of benzene rings is 12. The van der Waals surface area contributed by atoms with Crippen LogP contribution < -0.4 is 26.2 Å². The Kier molecular flexibility index (Phi) is 16.6. The number of anilines is 6. The highest BCUT2D eigenvalue weighted by atomic mass is 15.2. The van der Waals surface area contributed by atoms with Gasteiger partial charge in [0.1, 0.15) is 0 Å². The van der Waals surface area contributed by atoms with E-state index in [1.165, 1.54) is 128 Å². The molecule has 99 heavy (non-hydrogen) atoms. The van der Waals surface area contributed by atoms with Gasteiger partial charge in [0, 0.05) is 45.0 Å². The van der Waals surface area contributed by atoms with Crippen molar-refractivity contribution in [3.8, 4) is 77.9 Å². The van der Waals surface area contributed by atoms with E-state index in [9.17, 15) is 0 Å². The van der Waals surface area contributed by atoms with Crippen LogP contribution in [0.3, 0.4) is 0 Å². The van der Waals surface area contributed by atoms with Crippen LogP contribution in [0.1, 0.15) is 158 Å². The van der Waals surface area contributed by atoms with Crippen LogP contribution in [0.4, 0.5) is 34.1 Å². The molecule has 0 fully saturated rings. The zero-order chi connectivity index (χ0) is 69.9. The topological polar surface area (TPSA) is 6.48 Å². The van der Waals surface area contributed by atoms with Crippen molar-refractivity contribution in [2.45, 2.75) is 157 Å². The van der Waals surface area contributed by atoms with Gasteiger partial charge in [0.15, 0.2) is 0 Å². The molecule has 0 saturated heterocycles. The Morgan fingerprint density at radius 2 is 0.515 bits per heavy atom. The quantitative estimate of drug-likeness (QED) is 0.133. The van der Waals surface area contributed by atoms with Gasteiger partial charge in [-0.25, -0.2) is 0 Å². The second-order valence-electron chi connectivity index (χ2n) is 34.3. The lowest BCUT2D eigenvalue weighted by Gasteiger charge is -2.46. The fraction of sp³-hybridized carbons (Fsp3) is 0.250. The first-order valence-corrected chi connectivity index (χ1v) is 35.9. The van der Waals surface area contributed by atoms with Gasteiger partial charge in [0.05, 0.1) is 11.4 Å². The molecule has 2 nitrogen and oxygen atoms in total. The zero-order valence-corrected chi connectivity index (χ0v) is 61.8. The molecule has 0 spiro atoms. The molecule has 3 heteroatoms. The molecule has 0 radical (unpaired) electrons. The third-order valence-corrected chi connectivity index (χ3v) is 20.9. The van der Waals surface area contributed by atoms with Crippen LogP contribution >= 0.6 is 0 Å². The molecule has 0 atom stereocenters. The molecule has 0 saturated carbocycles. The van der Waals surface area contributed by atoms with Crippen molar-refractivity contribution >= 4 is 57.2 Å². The molecule has 2 aliphatic rings. The fourth-order valence-corrected chi connectivity index (χ4v) is 15.2. The van der Waals surface area contributed by atoms with Gasteiger partial charge in [-0.15, -0.1) is 0 Å². The molecule has 14 rings (SSSR count). The molecular formula is C96H97BN2. The van der Waals surface area contributed by atoms with Crippen molar-refractivity contribution in [2.24, 2.45) is 0 Å². The van der Waals surface area contributed by atoms with Crippen molar-refractivity contribution < 1.29 is 0 Å².